The van der Waals surface area contributed by atoms with Crippen molar-refractivity contribution in [1.82, 2.24) is 10.3 Å². The van der Waals surface area contributed by atoms with Gasteiger partial charge in [-0.15, -0.1) is 0 Å². The highest BCUT2D eigenvalue weighted by molar-refractivity contribution is 5.30. The van der Waals surface area contributed by atoms with Gasteiger partial charge in [0, 0.05) is 12.1 Å². The van der Waals surface area contributed by atoms with Crippen LogP contribution in [0.2, 0.25) is 0 Å². The molecule has 1 atom stereocenters. The first-order valence-corrected chi connectivity index (χ1v) is 7.77. The number of pyridine rings is 1. The fourth-order valence-electron chi connectivity index (χ4n) is 1.95. The summed E-state index contributed by atoms with van der Waals surface area (Å²) in [6.45, 7) is 16.9. The summed E-state index contributed by atoms with van der Waals surface area (Å²) < 4.78 is 16.5. The van der Waals surface area contributed by atoms with Gasteiger partial charge in [0.15, 0.2) is 6.10 Å². The first-order chi connectivity index (χ1) is 10.9. The highest BCUT2D eigenvalue weighted by Crippen LogP contribution is 2.23. The Kier molecular flexibility index (Phi) is 7.62. The molecule has 0 aliphatic carbocycles. The highest BCUT2D eigenvalue weighted by Gasteiger charge is 2.19. The van der Waals surface area contributed by atoms with Crippen molar-refractivity contribution in [3.8, 4) is 5.75 Å². The number of nitrogens with zero attached hydrogens (tertiary/aromatic N) is 1. The molecule has 0 amide bonds. The van der Waals surface area contributed by atoms with Crippen molar-refractivity contribution in [2.75, 3.05) is 13.2 Å². The molecule has 0 bridgehead atoms. The van der Waals surface area contributed by atoms with E-state index in [1.165, 1.54) is 12.5 Å². The van der Waals surface area contributed by atoms with Crippen molar-refractivity contribution < 1.29 is 14.2 Å². The largest absolute Gasteiger partial charge is 0.495 e. The van der Waals surface area contributed by atoms with E-state index in [0.29, 0.717) is 25.5 Å². The van der Waals surface area contributed by atoms with Crippen LogP contribution in [0.15, 0.2) is 37.8 Å². The maximum atomic E-state index is 5.62. The van der Waals surface area contributed by atoms with Crippen molar-refractivity contribution in [3.63, 3.8) is 0 Å². The van der Waals surface area contributed by atoms with Crippen LogP contribution in [0.3, 0.4) is 0 Å². The molecule has 1 rings (SSSR count). The maximum absolute atomic E-state index is 5.62. The summed E-state index contributed by atoms with van der Waals surface area (Å²) in [5, 5.41) is 3.42. The third-order valence-electron chi connectivity index (χ3n) is 3.00. The summed E-state index contributed by atoms with van der Waals surface area (Å²) >= 11 is 0. The van der Waals surface area contributed by atoms with Crippen LogP contribution in [0.4, 0.5) is 0 Å². The minimum Gasteiger partial charge on any atom is -0.495 e. The topological polar surface area (TPSA) is 52.6 Å². The van der Waals surface area contributed by atoms with Gasteiger partial charge in [-0.25, -0.2) is 4.98 Å². The number of nitrogens with one attached hydrogen (secondary N) is 1. The highest BCUT2D eigenvalue weighted by atomic mass is 16.5. The molecule has 128 valence electrons. The zero-order valence-corrected chi connectivity index (χ0v) is 14.6. The van der Waals surface area contributed by atoms with Crippen LogP contribution < -0.4 is 10.1 Å². The van der Waals surface area contributed by atoms with E-state index < -0.39 is 0 Å². The number of aromatic nitrogens is 1. The Hall–Kier alpha value is -2.01. The van der Waals surface area contributed by atoms with Gasteiger partial charge in [-0.1, -0.05) is 13.2 Å². The molecule has 0 saturated carbocycles. The Morgan fingerprint density at radius 1 is 1.26 bits per heavy atom. The van der Waals surface area contributed by atoms with Crippen molar-refractivity contribution in [1.29, 1.82) is 0 Å². The number of hydrogen-bond acceptors (Lipinski definition) is 5. The predicted octanol–water partition coefficient (Wildman–Crippen LogP) is 3.73. The molecular formula is C18H28N2O3. The van der Waals surface area contributed by atoms with E-state index in [-0.39, 0.29) is 11.6 Å². The molecule has 1 aromatic heterocycles. The smallest absolute Gasteiger partial charge is 0.152 e. The molecule has 23 heavy (non-hydrogen) atoms. The Labute approximate surface area is 139 Å². The van der Waals surface area contributed by atoms with Gasteiger partial charge in [-0.05, 0) is 39.8 Å². The van der Waals surface area contributed by atoms with Crippen molar-refractivity contribution in [2.24, 2.45) is 0 Å². The van der Waals surface area contributed by atoms with Crippen LogP contribution in [0, 0.1) is 0 Å². The minimum absolute atomic E-state index is 0.0111. The molecule has 0 fully saturated rings. The second kappa shape index (κ2) is 9.20. The van der Waals surface area contributed by atoms with Gasteiger partial charge in [-0.3, -0.25) is 0 Å². The number of rotatable bonds is 10. The van der Waals surface area contributed by atoms with Crippen LogP contribution in [-0.2, 0) is 16.1 Å². The van der Waals surface area contributed by atoms with E-state index in [1.54, 1.807) is 0 Å². The van der Waals surface area contributed by atoms with Gasteiger partial charge < -0.3 is 19.5 Å². The molecule has 5 nitrogen and oxygen atoms in total. The third-order valence-corrected chi connectivity index (χ3v) is 3.00. The van der Waals surface area contributed by atoms with Crippen molar-refractivity contribution >= 4 is 0 Å². The molecule has 1 N–H and O–H groups in total. The standard InChI is InChI=1S/C18H28N2O3/c1-7-21-13-15-16(22-8-2)11-10-14(20-15)17(23-9-3)12-19-18(4,5)6/h7,9-11,17,19H,1,3,8,12-13H2,2,4-6H3. The molecule has 5 heteroatoms. The average molecular weight is 320 g/mol. The SMILES string of the molecule is C=COCc1nc(C(CNC(C)(C)C)OC=C)ccc1OCC. The lowest BCUT2D eigenvalue weighted by Crippen LogP contribution is -2.39. The monoisotopic (exact) mass is 320 g/mol. The molecule has 0 spiro atoms. The van der Waals surface area contributed by atoms with Crippen LogP contribution >= 0.6 is 0 Å². The maximum Gasteiger partial charge on any atom is 0.152 e. The van der Waals surface area contributed by atoms with Gasteiger partial charge in [0.1, 0.15) is 18.1 Å². The molecule has 1 heterocycles. The van der Waals surface area contributed by atoms with Gasteiger partial charge in [0.05, 0.1) is 24.8 Å². The number of ether oxygens (including phenoxy) is 3. The van der Waals surface area contributed by atoms with E-state index >= 15 is 0 Å². The van der Waals surface area contributed by atoms with Crippen molar-refractivity contribution in [3.05, 3.63) is 49.2 Å². The van der Waals surface area contributed by atoms with Gasteiger partial charge >= 0.3 is 0 Å². The molecule has 0 saturated heterocycles. The Balaban J connectivity index is 3.00. The molecule has 0 aliphatic heterocycles. The summed E-state index contributed by atoms with van der Waals surface area (Å²) in [6.07, 6.45) is 2.60. The number of hydrogen-bond donors (Lipinski definition) is 1. The summed E-state index contributed by atoms with van der Waals surface area (Å²) in [6, 6.07) is 3.80. The van der Waals surface area contributed by atoms with E-state index in [1.807, 2.05) is 19.1 Å². The molecular weight excluding hydrogens is 292 g/mol. The normalized spacial score (nSPS) is 12.3. The third kappa shape index (κ3) is 6.74. The Morgan fingerprint density at radius 3 is 2.57 bits per heavy atom. The average Bonchev–Trinajstić information content (AvgIpc) is 2.50. The van der Waals surface area contributed by atoms with E-state index in [2.05, 4.69) is 44.2 Å². The summed E-state index contributed by atoms with van der Waals surface area (Å²) in [5.41, 5.74) is 1.51. The fraction of sp³-hybridized carbons (Fsp3) is 0.500. The van der Waals surface area contributed by atoms with E-state index in [9.17, 15) is 0 Å². The summed E-state index contributed by atoms with van der Waals surface area (Å²) in [4.78, 5) is 4.64. The van der Waals surface area contributed by atoms with Gasteiger partial charge in [0.2, 0.25) is 0 Å². The van der Waals surface area contributed by atoms with Crippen molar-refractivity contribution in [2.45, 2.75) is 45.9 Å². The van der Waals surface area contributed by atoms with Crippen LogP contribution in [0.5, 0.6) is 5.75 Å². The lowest BCUT2D eigenvalue weighted by atomic mass is 10.1. The van der Waals surface area contributed by atoms with Gasteiger partial charge in [0.25, 0.3) is 0 Å². The molecule has 0 aliphatic rings. The summed E-state index contributed by atoms with van der Waals surface area (Å²) in [7, 11) is 0. The molecule has 0 radical (unpaired) electrons. The first-order valence-electron chi connectivity index (χ1n) is 7.77. The zero-order valence-electron chi connectivity index (χ0n) is 14.6. The Bertz CT molecular complexity index is 509. The van der Waals surface area contributed by atoms with Gasteiger partial charge in [-0.2, -0.15) is 0 Å². The predicted molar refractivity (Wildman–Crippen MR) is 92.2 cm³/mol. The molecule has 1 unspecified atom stereocenters. The van der Waals surface area contributed by atoms with Crippen LogP contribution in [0.25, 0.3) is 0 Å². The van der Waals surface area contributed by atoms with Crippen LogP contribution in [-0.4, -0.2) is 23.7 Å². The lowest BCUT2D eigenvalue weighted by Gasteiger charge is -2.25. The zero-order chi connectivity index (χ0) is 17.3. The molecule has 0 aromatic carbocycles. The molecule has 1 aromatic rings. The van der Waals surface area contributed by atoms with E-state index in [4.69, 9.17) is 14.2 Å². The minimum atomic E-state index is -0.232. The van der Waals surface area contributed by atoms with Crippen LogP contribution in [0.1, 0.15) is 45.2 Å². The lowest BCUT2D eigenvalue weighted by molar-refractivity contribution is 0.131. The summed E-state index contributed by atoms with van der Waals surface area (Å²) in [5.74, 6) is 0.708. The quantitative estimate of drug-likeness (QED) is 0.666. The first kappa shape index (κ1) is 19.0. The fourth-order valence-corrected chi connectivity index (χ4v) is 1.95. The Morgan fingerprint density at radius 2 is 2.00 bits per heavy atom. The van der Waals surface area contributed by atoms with E-state index in [0.717, 1.165) is 11.4 Å². The second-order valence-electron chi connectivity index (χ2n) is 6.01. The second-order valence-corrected chi connectivity index (χ2v) is 6.01.